The van der Waals surface area contributed by atoms with E-state index in [1.807, 2.05) is 0 Å². The van der Waals surface area contributed by atoms with Gasteiger partial charge < -0.3 is 4.98 Å². The van der Waals surface area contributed by atoms with Crippen LogP contribution in [-0.2, 0) is 12.8 Å². The van der Waals surface area contributed by atoms with Crippen LogP contribution in [-0.4, -0.2) is 4.98 Å². The maximum atomic E-state index is 3.49. The van der Waals surface area contributed by atoms with Crippen molar-refractivity contribution >= 4 is 10.9 Å². The van der Waals surface area contributed by atoms with Crippen LogP contribution in [0.15, 0.2) is 18.2 Å². The fourth-order valence-electron chi connectivity index (χ4n) is 2.58. The minimum Gasteiger partial charge on any atom is -0.358 e. The summed E-state index contributed by atoms with van der Waals surface area (Å²) in [7, 11) is 0. The lowest BCUT2D eigenvalue weighted by molar-refractivity contribution is 0.689. The quantitative estimate of drug-likeness (QED) is 0.647. The van der Waals surface area contributed by atoms with Gasteiger partial charge in [-0.25, -0.2) is 0 Å². The first-order valence-corrected chi connectivity index (χ1v) is 5.45. The van der Waals surface area contributed by atoms with Gasteiger partial charge in [-0.3, -0.25) is 0 Å². The molecule has 1 aromatic carbocycles. The molecule has 14 heavy (non-hydrogen) atoms. The molecular formula is C13H15N. The van der Waals surface area contributed by atoms with Crippen LogP contribution in [0.2, 0.25) is 0 Å². The Labute approximate surface area is 84.1 Å². The lowest BCUT2D eigenvalue weighted by atomic mass is 9.90. The average Bonchev–Trinajstić information content (AvgIpc) is 2.59. The smallest absolute Gasteiger partial charge is 0.0491 e. The minimum absolute atomic E-state index is 1.26. The van der Waals surface area contributed by atoms with Crippen molar-refractivity contribution in [3.05, 3.63) is 35.0 Å². The summed E-state index contributed by atoms with van der Waals surface area (Å²) in [5.41, 5.74) is 5.80. The van der Waals surface area contributed by atoms with Gasteiger partial charge in [0.25, 0.3) is 0 Å². The number of rotatable bonds is 0. The van der Waals surface area contributed by atoms with Crippen LogP contribution in [0.4, 0.5) is 0 Å². The molecule has 1 aromatic heterocycles. The summed E-state index contributed by atoms with van der Waals surface area (Å²) in [6.45, 7) is 2.13. The van der Waals surface area contributed by atoms with Gasteiger partial charge in [-0.2, -0.15) is 0 Å². The van der Waals surface area contributed by atoms with E-state index in [0.29, 0.717) is 0 Å². The van der Waals surface area contributed by atoms with Crippen LogP contribution in [0.1, 0.15) is 29.7 Å². The van der Waals surface area contributed by atoms with E-state index in [9.17, 15) is 0 Å². The Kier molecular flexibility index (Phi) is 1.66. The third kappa shape index (κ3) is 1.08. The number of aromatic nitrogens is 1. The summed E-state index contributed by atoms with van der Waals surface area (Å²) in [5, 5.41) is 1.38. The molecule has 0 saturated carbocycles. The van der Waals surface area contributed by atoms with Crippen molar-refractivity contribution in [2.75, 3.05) is 0 Å². The molecule has 1 aliphatic carbocycles. The average molecular weight is 185 g/mol. The topological polar surface area (TPSA) is 15.8 Å². The fourth-order valence-corrected chi connectivity index (χ4v) is 2.58. The van der Waals surface area contributed by atoms with Gasteiger partial charge in [0, 0.05) is 11.2 Å². The molecule has 0 saturated heterocycles. The van der Waals surface area contributed by atoms with E-state index in [0.717, 1.165) is 0 Å². The highest BCUT2D eigenvalue weighted by Crippen LogP contribution is 2.28. The molecule has 72 valence electrons. The monoisotopic (exact) mass is 185 g/mol. The van der Waals surface area contributed by atoms with Gasteiger partial charge in [0.2, 0.25) is 0 Å². The maximum Gasteiger partial charge on any atom is 0.0491 e. The summed E-state index contributed by atoms with van der Waals surface area (Å²) >= 11 is 0. The van der Waals surface area contributed by atoms with Crippen molar-refractivity contribution in [1.82, 2.24) is 4.98 Å². The molecule has 0 spiro atoms. The van der Waals surface area contributed by atoms with Gasteiger partial charge in [0.05, 0.1) is 0 Å². The number of aryl methyl sites for hydroxylation is 3. The maximum absolute atomic E-state index is 3.49. The third-order valence-corrected chi connectivity index (χ3v) is 3.26. The highest BCUT2D eigenvalue weighted by Gasteiger charge is 2.12. The zero-order valence-electron chi connectivity index (χ0n) is 8.56. The summed E-state index contributed by atoms with van der Waals surface area (Å²) in [5.74, 6) is 0. The van der Waals surface area contributed by atoms with Crippen LogP contribution < -0.4 is 0 Å². The second kappa shape index (κ2) is 2.88. The Balaban J connectivity index is 2.33. The van der Waals surface area contributed by atoms with E-state index < -0.39 is 0 Å². The van der Waals surface area contributed by atoms with Crippen LogP contribution in [0.25, 0.3) is 10.9 Å². The van der Waals surface area contributed by atoms with E-state index in [2.05, 4.69) is 30.1 Å². The molecule has 0 atom stereocenters. The Morgan fingerprint density at radius 2 is 2.00 bits per heavy atom. The number of benzene rings is 1. The predicted octanol–water partition coefficient (Wildman–Crippen LogP) is 3.36. The van der Waals surface area contributed by atoms with Gasteiger partial charge in [-0.15, -0.1) is 0 Å². The minimum atomic E-state index is 1.26. The lowest BCUT2D eigenvalue weighted by Crippen LogP contribution is -2.02. The van der Waals surface area contributed by atoms with Gasteiger partial charge in [0.15, 0.2) is 0 Å². The molecule has 0 amide bonds. The van der Waals surface area contributed by atoms with E-state index in [4.69, 9.17) is 0 Å². The molecule has 0 unspecified atom stereocenters. The number of fused-ring (bicyclic) bond motifs is 3. The Bertz CT molecular complexity index is 479. The summed E-state index contributed by atoms with van der Waals surface area (Å²) < 4.78 is 0. The van der Waals surface area contributed by atoms with Crippen LogP contribution in [0, 0.1) is 6.92 Å². The number of hydrogen-bond acceptors (Lipinski definition) is 0. The van der Waals surface area contributed by atoms with Gasteiger partial charge in [-0.1, -0.05) is 12.1 Å². The van der Waals surface area contributed by atoms with Crippen LogP contribution >= 0.6 is 0 Å². The first-order valence-electron chi connectivity index (χ1n) is 5.45. The first-order chi connectivity index (χ1) is 6.84. The Morgan fingerprint density at radius 1 is 1.14 bits per heavy atom. The lowest BCUT2D eigenvalue weighted by Gasteiger charge is -2.15. The molecule has 0 fully saturated rings. The molecular weight excluding hydrogens is 170 g/mol. The second-order valence-corrected chi connectivity index (χ2v) is 4.33. The van der Waals surface area contributed by atoms with Crippen LogP contribution in [0.3, 0.4) is 0 Å². The predicted molar refractivity (Wildman–Crippen MR) is 59.7 cm³/mol. The molecule has 2 aromatic rings. The molecule has 1 nitrogen and oxygen atoms in total. The SMILES string of the molecule is Cc1cc2ccc3c(c2[nH]1)CCCC3. The highest BCUT2D eigenvalue weighted by atomic mass is 14.7. The van der Waals surface area contributed by atoms with E-state index >= 15 is 0 Å². The third-order valence-electron chi connectivity index (χ3n) is 3.26. The summed E-state index contributed by atoms with van der Waals surface area (Å²) in [6.07, 6.45) is 5.23. The Hall–Kier alpha value is -1.24. The largest absolute Gasteiger partial charge is 0.358 e. The number of hydrogen-bond donors (Lipinski definition) is 1. The van der Waals surface area contributed by atoms with E-state index in [1.54, 1.807) is 11.1 Å². The fraction of sp³-hybridized carbons (Fsp3) is 0.385. The van der Waals surface area contributed by atoms with Gasteiger partial charge in [0.1, 0.15) is 0 Å². The second-order valence-electron chi connectivity index (χ2n) is 4.33. The number of aromatic amines is 1. The van der Waals surface area contributed by atoms with Crippen molar-refractivity contribution in [3.63, 3.8) is 0 Å². The molecule has 0 aliphatic heterocycles. The van der Waals surface area contributed by atoms with Gasteiger partial charge >= 0.3 is 0 Å². The molecule has 1 N–H and O–H groups in total. The van der Waals surface area contributed by atoms with Crippen molar-refractivity contribution in [1.29, 1.82) is 0 Å². The Morgan fingerprint density at radius 3 is 2.93 bits per heavy atom. The molecule has 1 heteroatoms. The van der Waals surface area contributed by atoms with Crippen molar-refractivity contribution in [3.8, 4) is 0 Å². The van der Waals surface area contributed by atoms with Crippen molar-refractivity contribution < 1.29 is 0 Å². The standard InChI is InChI=1S/C13H15N/c1-9-8-11-7-6-10-4-2-3-5-12(10)13(11)14-9/h6-8,14H,2-5H2,1H3. The number of H-pyrrole nitrogens is 1. The highest BCUT2D eigenvalue weighted by molar-refractivity contribution is 5.84. The summed E-state index contributed by atoms with van der Waals surface area (Å²) in [6, 6.07) is 6.80. The first kappa shape index (κ1) is 8.10. The molecule has 0 radical (unpaired) electrons. The zero-order chi connectivity index (χ0) is 9.54. The molecule has 1 aliphatic rings. The molecule has 0 bridgehead atoms. The summed E-state index contributed by atoms with van der Waals surface area (Å²) in [4.78, 5) is 3.49. The molecule has 3 rings (SSSR count). The van der Waals surface area contributed by atoms with Crippen LogP contribution in [0.5, 0.6) is 0 Å². The number of nitrogens with one attached hydrogen (secondary N) is 1. The van der Waals surface area contributed by atoms with E-state index in [1.165, 1.54) is 42.3 Å². The van der Waals surface area contributed by atoms with Crippen molar-refractivity contribution in [2.24, 2.45) is 0 Å². The molecule has 1 heterocycles. The normalized spacial score (nSPS) is 15.8. The van der Waals surface area contributed by atoms with Crippen molar-refractivity contribution in [2.45, 2.75) is 32.6 Å². The van der Waals surface area contributed by atoms with E-state index in [-0.39, 0.29) is 0 Å². The van der Waals surface area contributed by atoms with Gasteiger partial charge in [-0.05, 0) is 55.2 Å². The zero-order valence-corrected chi connectivity index (χ0v) is 8.56.